The van der Waals surface area contributed by atoms with Crippen molar-refractivity contribution in [3.8, 4) is 5.88 Å². The molecule has 0 aliphatic heterocycles. The molecule has 96 valence electrons. The minimum absolute atomic E-state index is 0.0618. The smallest absolute Gasteiger partial charge is 0.216 e. The molecule has 1 aromatic heterocycles. The maximum absolute atomic E-state index is 10.9. The normalized spacial score (nSPS) is 13.4. The van der Waals surface area contributed by atoms with Crippen LogP contribution in [0.4, 0.5) is 0 Å². The maximum Gasteiger partial charge on any atom is 0.216 e. The Hall–Kier alpha value is -1.21. The van der Waals surface area contributed by atoms with Crippen molar-refractivity contribution in [2.75, 3.05) is 19.1 Å². The van der Waals surface area contributed by atoms with E-state index in [2.05, 4.69) is 9.97 Å². The van der Waals surface area contributed by atoms with Gasteiger partial charge in [-0.15, -0.1) is 0 Å². The molecule has 0 saturated heterocycles. The Kier molecular flexibility index (Phi) is 4.83. The molecule has 1 aromatic rings. The topological polar surface area (TPSA) is 89.4 Å². The van der Waals surface area contributed by atoms with E-state index < -0.39 is 15.9 Å². The van der Waals surface area contributed by atoms with Crippen molar-refractivity contribution < 1.29 is 18.3 Å². The van der Waals surface area contributed by atoms with Gasteiger partial charge in [-0.3, -0.25) is 0 Å². The van der Waals surface area contributed by atoms with Gasteiger partial charge in [0.25, 0.3) is 0 Å². The molecule has 0 radical (unpaired) electrons. The van der Waals surface area contributed by atoms with Crippen LogP contribution in [0.5, 0.6) is 5.88 Å². The van der Waals surface area contributed by atoms with Gasteiger partial charge in [0.1, 0.15) is 16.2 Å². The summed E-state index contributed by atoms with van der Waals surface area (Å²) in [5.41, 5.74) is 0.436. The second-order valence-corrected chi connectivity index (χ2v) is 6.03. The van der Waals surface area contributed by atoms with Crippen molar-refractivity contribution >= 4 is 9.84 Å². The van der Waals surface area contributed by atoms with Crippen molar-refractivity contribution in [3.05, 3.63) is 18.1 Å². The van der Waals surface area contributed by atoms with Crippen LogP contribution in [-0.2, 0) is 9.84 Å². The highest BCUT2D eigenvalue weighted by Crippen LogP contribution is 2.18. The van der Waals surface area contributed by atoms with Crippen LogP contribution < -0.4 is 4.74 Å². The summed E-state index contributed by atoms with van der Waals surface area (Å²) >= 11 is 0. The first-order chi connectivity index (χ1) is 7.92. The quantitative estimate of drug-likeness (QED) is 0.793. The summed E-state index contributed by atoms with van der Waals surface area (Å²) in [6.07, 6.45) is 2.41. The van der Waals surface area contributed by atoms with Crippen molar-refractivity contribution in [1.82, 2.24) is 9.97 Å². The molecular formula is C10H16N2O4S. The lowest BCUT2D eigenvalue weighted by molar-refractivity contribution is 0.161. The SMILES string of the molecule is COc1cc(C(O)CCCS(C)(=O)=O)ncn1. The van der Waals surface area contributed by atoms with Crippen LogP contribution in [0.25, 0.3) is 0 Å². The minimum atomic E-state index is -2.98. The summed E-state index contributed by atoms with van der Waals surface area (Å²) in [5, 5.41) is 9.80. The Morgan fingerprint density at radius 3 is 2.76 bits per heavy atom. The van der Waals surface area contributed by atoms with E-state index in [1.807, 2.05) is 0 Å². The fraction of sp³-hybridized carbons (Fsp3) is 0.600. The Morgan fingerprint density at radius 1 is 1.47 bits per heavy atom. The minimum Gasteiger partial charge on any atom is -0.481 e. The number of hydrogen-bond donors (Lipinski definition) is 1. The summed E-state index contributed by atoms with van der Waals surface area (Å²) in [5.74, 6) is 0.434. The van der Waals surface area contributed by atoms with Crippen LogP contribution in [-0.4, -0.2) is 42.6 Å². The molecule has 7 heteroatoms. The fourth-order valence-electron chi connectivity index (χ4n) is 1.33. The number of aliphatic hydroxyl groups excluding tert-OH is 1. The van der Waals surface area contributed by atoms with Gasteiger partial charge in [-0.25, -0.2) is 18.4 Å². The third kappa shape index (κ3) is 5.10. The molecule has 17 heavy (non-hydrogen) atoms. The number of hydrogen-bond acceptors (Lipinski definition) is 6. The van der Waals surface area contributed by atoms with Crippen molar-refractivity contribution in [3.63, 3.8) is 0 Å². The second-order valence-electron chi connectivity index (χ2n) is 3.77. The van der Waals surface area contributed by atoms with Gasteiger partial charge in [0.15, 0.2) is 0 Å². The zero-order valence-corrected chi connectivity index (χ0v) is 10.6. The van der Waals surface area contributed by atoms with E-state index >= 15 is 0 Å². The number of nitrogens with zero attached hydrogens (tertiary/aromatic N) is 2. The van der Waals surface area contributed by atoms with Gasteiger partial charge in [-0.05, 0) is 12.8 Å². The fourth-order valence-corrected chi connectivity index (χ4v) is 2.03. The zero-order chi connectivity index (χ0) is 12.9. The molecule has 0 aromatic carbocycles. The highest BCUT2D eigenvalue weighted by Gasteiger charge is 2.12. The average Bonchev–Trinajstić information content (AvgIpc) is 2.27. The number of aliphatic hydroxyl groups is 1. The van der Waals surface area contributed by atoms with Crippen LogP contribution in [0.1, 0.15) is 24.6 Å². The van der Waals surface area contributed by atoms with Crippen molar-refractivity contribution in [2.24, 2.45) is 0 Å². The zero-order valence-electron chi connectivity index (χ0n) is 9.83. The Labute approximate surface area is 101 Å². The van der Waals surface area contributed by atoms with Gasteiger partial charge >= 0.3 is 0 Å². The molecule has 0 fully saturated rings. The van der Waals surface area contributed by atoms with Crippen LogP contribution in [0.3, 0.4) is 0 Å². The largest absolute Gasteiger partial charge is 0.481 e. The van der Waals surface area contributed by atoms with Crippen LogP contribution in [0.15, 0.2) is 12.4 Å². The molecule has 1 heterocycles. The summed E-state index contributed by atoms with van der Waals surface area (Å²) < 4.78 is 26.8. The number of aromatic nitrogens is 2. The molecule has 0 aliphatic rings. The van der Waals surface area contributed by atoms with Gasteiger partial charge in [-0.2, -0.15) is 0 Å². The number of sulfone groups is 1. The molecule has 0 amide bonds. The third-order valence-corrected chi connectivity index (χ3v) is 3.24. The highest BCUT2D eigenvalue weighted by molar-refractivity contribution is 7.90. The predicted octanol–water partition coefficient (Wildman–Crippen LogP) is 0.343. The number of rotatable bonds is 6. The molecule has 1 N–H and O–H groups in total. The Balaban J connectivity index is 2.54. The second kappa shape index (κ2) is 5.92. The van der Waals surface area contributed by atoms with E-state index in [0.717, 1.165) is 0 Å². The lowest BCUT2D eigenvalue weighted by Gasteiger charge is -2.09. The summed E-state index contributed by atoms with van der Waals surface area (Å²) in [6, 6.07) is 1.53. The predicted molar refractivity (Wildman–Crippen MR) is 62.5 cm³/mol. The van der Waals surface area contributed by atoms with Crippen LogP contribution >= 0.6 is 0 Å². The van der Waals surface area contributed by atoms with Crippen LogP contribution in [0.2, 0.25) is 0 Å². The lowest BCUT2D eigenvalue weighted by Crippen LogP contribution is -2.07. The molecule has 6 nitrogen and oxygen atoms in total. The van der Waals surface area contributed by atoms with E-state index in [1.54, 1.807) is 0 Å². The van der Waals surface area contributed by atoms with Gasteiger partial charge in [0, 0.05) is 18.1 Å². The van der Waals surface area contributed by atoms with E-state index in [-0.39, 0.29) is 5.75 Å². The first kappa shape index (κ1) is 13.9. The summed E-state index contributed by atoms with van der Waals surface area (Å²) in [4.78, 5) is 7.73. The van der Waals surface area contributed by atoms with E-state index in [1.165, 1.54) is 25.8 Å². The first-order valence-electron chi connectivity index (χ1n) is 5.14. The van der Waals surface area contributed by atoms with E-state index in [0.29, 0.717) is 24.4 Å². The van der Waals surface area contributed by atoms with E-state index in [4.69, 9.17) is 4.74 Å². The van der Waals surface area contributed by atoms with Crippen molar-refractivity contribution in [1.29, 1.82) is 0 Å². The third-order valence-electron chi connectivity index (χ3n) is 2.21. The summed E-state index contributed by atoms with van der Waals surface area (Å²) in [6.45, 7) is 0. The molecule has 0 bridgehead atoms. The number of ether oxygens (including phenoxy) is 1. The van der Waals surface area contributed by atoms with Crippen LogP contribution in [0, 0.1) is 0 Å². The number of methoxy groups -OCH3 is 1. The molecule has 0 spiro atoms. The monoisotopic (exact) mass is 260 g/mol. The Morgan fingerprint density at radius 2 is 2.18 bits per heavy atom. The maximum atomic E-state index is 10.9. The highest BCUT2D eigenvalue weighted by atomic mass is 32.2. The summed E-state index contributed by atoms with van der Waals surface area (Å²) in [7, 11) is -1.51. The molecule has 0 saturated carbocycles. The lowest BCUT2D eigenvalue weighted by atomic mass is 10.1. The molecule has 1 rings (SSSR count). The van der Waals surface area contributed by atoms with Gasteiger partial charge < -0.3 is 9.84 Å². The standard InChI is InChI=1S/C10H16N2O4S/c1-16-10-6-8(11-7-12-10)9(13)4-3-5-17(2,14)15/h6-7,9,13H,3-5H2,1-2H3. The molecular weight excluding hydrogens is 244 g/mol. The van der Waals surface area contributed by atoms with E-state index in [9.17, 15) is 13.5 Å². The van der Waals surface area contributed by atoms with Crippen molar-refractivity contribution in [2.45, 2.75) is 18.9 Å². The molecule has 1 atom stereocenters. The molecule has 0 aliphatic carbocycles. The van der Waals surface area contributed by atoms with Gasteiger partial charge in [-0.1, -0.05) is 0 Å². The molecule has 1 unspecified atom stereocenters. The average molecular weight is 260 g/mol. The Bertz CT molecular complexity index is 461. The van der Waals surface area contributed by atoms with Gasteiger partial charge in [0.05, 0.1) is 18.9 Å². The first-order valence-corrected chi connectivity index (χ1v) is 7.20. The van der Waals surface area contributed by atoms with Gasteiger partial charge in [0.2, 0.25) is 5.88 Å².